The molecular formula is C27H33FN4O3. The maximum atomic E-state index is 13.3. The van der Waals surface area contributed by atoms with Crippen LogP contribution >= 0.6 is 0 Å². The zero-order valence-corrected chi connectivity index (χ0v) is 20.4. The highest BCUT2D eigenvalue weighted by molar-refractivity contribution is 5.95. The average molecular weight is 481 g/mol. The Morgan fingerprint density at radius 2 is 2.00 bits per heavy atom. The molecular weight excluding hydrogens is 447 g/mol. The van der Waals surface area contributed by atoms with Gasteiger partial charge in [0.1, 0.15) is 18.2 Å². The third-order valence-corrected chi connectivity index (χ3v) is 6.40. The van der Waals surface area contributed by atoms with Gasteiger partial charge in [0.25, 0.3) is 5.91 Å². The summed E-state index contributed by atoms with van der Waals surface area (Å²) in [6.45, 7) is 5.46. The largest absolute Gasteiger partial charge is 0.492 e. The summed E-state index contributed by atoms with van der Waals surface area (Å²) in [5.41, 5.74) is 2.97. The van der Waals surface area contributed by atoms with Gasteiger partial charge < -0.3 is 14.8 Å². The molecule has 1 aliphatic heterocycles. The zero-order chi connectivity index (χ0) is 24.6. The molecule has 1 N–H and O–H groups in total. The van der Waals surface area contributed by atoms with Gasteiger partial charge >= 0.3 is 0 Å². The first-order chi connectivity index (χ1) is 17.0. The van der Waals surface area contributed by atoms with E-state index in [2.05, 4.69) is 22.4 Å². The molecule has 2 heterocycles. The molecule has 0 aliphatic carbocycles. The van der Waals surface area contributed by atoms with Crippen LogP contribution in [-0.4, -0.2) is 60.0 Å². The molecule has 0 radical (unpaired) electrons. The van der Waals surface area contributed by atoms with Crippen LogP contribution in [-0.2, 0) is 17.7 Å². The van der Waals surface area contributed by atoms with Crippen LogP contribution in [0.5, 0.6) is 5.75 Å². The van der Waals surface area contributed by atoms with Gasteiger partial charge in [0.15, 0.2) is 0 Å². The Labute approximate surface area is 205 Å². The Hall–Kier alpha value is -3.23. The molecule has 1 aromatic heterocycles. The fraction of sp³-hybridized carbons (Fsp3) is 0.407. The van der Waals surface area contributed by atoms with Gasteiger partial charge in [-0.3, -0.25) is 9.69 Å². The normalized spacial score (nSPS) is 14.3. The molecule has 3 aromatic rings. The maximum Gasteiger partial charge on any atom is 0.255 e. The van der Waals surface area contributed by atoms with E-state index in [1.54, 1.807) is 23.0 Å². The number of likely N-dealkylation sites (N-methyl/N-ethyl adjacent to an activating group) is 1. The van der Waals surface area contributed by atoms with Crippen LogP contribution in [0.1, 0.15) is 41.4 Å². The van der Waals surface area contributed by atoms with Crippen LogP contribution in [0.2, 0.25) is 0 Å². The number of nitrogens with zero attached hydrogens (tertiary/aromatic N) is 3. The lowest BCUT2D eigenvalue weighted by Crippen LogP contribution is -2.38. The number of benzene rings is 2. The fourth-order valence-corrected chi connectivity index (χ4v) is 4.35. The van der Waals surface area contributed by atoms with E-state index in [1.807, 2.05) is 31.2 Å². The summed E-state index contributed by atoms with van der Waals surface area (Å²) in [6, 6.07) is 14.4. The van der Waals surface area contributed by atoms with E-state index in [0.717, 1.165) is 55.3 Å². The van der Waals surface area contributed by atoms with Gasteiger partial charge in [-0.15, -0.1) is 0 Å². The molecule has 1 fully saturated rings. The first-order valence-corrected chi connectivity index (χ1v) is 12.2. The first-order valence-electron chi connectivity index (χ1n) is 12.2. The number of aromatic nitrogens is 2. The van der Waals surface area contributed by atoms with E-state index >= 15 is 0 Å². The van der Waals surface area contributed by atoms with Crippen molar-refractivity contribution in [2.24, 2.45) is 0 Å². The van der Waals surface area contributed by atoms with Gasteiger partial charge in [0, 0.05) is 32.3 Å². The molecule has 8 heteroatoms. The maximum absolute atomic E-state index is 13.3. The van der Waals surface area contributed by atoms with Crippen molar-refractivity contribution >= 4 is 5.91 Å². The predicted octanol–water partition coefficient (Wildman–Crippen LogP) is 3.99. The van der Waals surface area contributed by atoms with Crippen molar-refractivity contribution in [1.82, 2.24) is 20.0 Å². The number of carbonyl (C=O) groups is 1. The van der Waals surface area contributed by atoms with Crippen LogP contribution in [0.25, 0.3) is 5.69 Å². The van der Waals surface area contributed by atoms with E-state index in [9.17, 15) is 9.18 Å². The smallest absolute Gasteiger partial charge is 0.255 e. The minimum Gasteiger partial charge on any atom is -0.492 e. The first kappa shape index (κ1) is 24.9. The van der Waals surface area contributed by atoms with Gasteiger partial charge in [-0.05, 0) is 68.3 Å². The van der Waals surface area contributed by atoms with Crippen LogP contribution < -0.4 is 10.1 Å². The number of halogens is 1. The summed E-state index contributed by atoms with van der Waals surface area (Å²) in [5, 5.41) is 7.34. The number of carbonyl (C=O) groups excluding carboxylic acids is 1. The molecule has 1 saturated heterocycles. The second kappa shape index (κ2) is 12.0. The van der Waals surface area contributed by atoms with Crippen LogP contribution in [0, 0.1) is 5.82 Å². The van der Waals surface area contributed by atoms with Crippen molar-refractivity contribution in [2.45, 2.75) is 38.8 Å². The Bertz CT molecular complexity index is 1110. The van der Waals surface area contributed by atoms with E-state index < -0.39 is 0 Å². The minimum absolute atomic E-state index is 0.195. The summed E-state index contributed by atoms with van der Waals surface area (Å²) in [4.78, 5) is 15.2. The molecule has 4 rings (SSSR count). The van der Waals surface area contributed by atoms with Crippen LogP contribution in [0.15, 0.2) is 54.7 Å². The van der Waals surface area contributed by atoms with Crippen molar-refractivity contribution in [3.05, 3.63) is 77.4 Å². The van der Waals surface area contributed by atoms with Crippen LogP contribution in [0.3, 0.4) is 0 Å². The summed E-state index contributed by atoms with van der Waals surface area (Å²) < 4.78 is 26.4. The Morgan fingerprint density at radius 3 is 2.74 bits per heavy atom. The van der Waals surface area contributed by atoms with Gasteiger partial charge in [-0.1, -0.05) is 19.1 Å². The lowest BCUT2D eigenvalue weighted by atomic mass is 10.1. The highest BCUT2D eigenvalue weighted by atomic mass is 19.1. The number of ether oxygens (including phenoxy) is 2. The van der Waals surface area contributed by atoms with Crippen molar-refractivity contribution < 1.29 is 18.7 Å². The summed E-state index contributed by atoms with van der Waals surface area (Å²) in [7, 11) is 2.13. The van der Waals surface area contributed by atoms with Crippen molar-refractivity contribution in [3.8, 4) is 11.4 Å². The quantitative estimate of drug-likeness (QED) is 0.475. The van der Waals surface area contributed by atoms with E-state index in [-0.39, 0.29) is 11.7 Å². The lowest BCUT2D eigenvalue weighted by molar-refractivity contribution is 0.0392. The topological polar surface area (TPSA) is 68.6 Å². The number of rotatable bonds is 10. The Kier molecular flexibility index (Phi) is 8.50. The molecule has 0 bridgehead atoms. The second-order valence-corrected chi connectivity index (χ2v) is 8.75. The third kappa shape index (κ3) is 6.46. The van der Waals surface area contributed by atoms with Gasteiger partial charge in [0.05, 0.1) is 23.1 Å². The molecule has 186 valence electrons. The minimum atomic E-state index is -0.311. The summed E-state index contributed by atoms with van der Waals surface area (Å²) in [5.74, 6) is 0.282. The molecule has 7 nitrogen and oxygen atoms in total. The standard InChI is InChI=1S/C27H33FN4O3/c1-3-26-25(19-30-32(26)23-9-7-21(28)8-10-23)27(33)29-18-20-5-4-6-24(17-20)35-16-13-31(2)22-11-14-34-15-12-22/h4-10,17,19,22H,3,11-16,18H2,1-2H3,(H,29,33). The lowest BCUT2D eigenvalue weighted by Gasteiger charge is -2.31. The average Bonchev–Trinajstić information content (AvgIpc) is 3.33. The highest BCUT2D eigenvalue weighted by Crippen LogP contribution is 2.18. The SMILES string of the molecule is CCc1c(C(=O)NCc2cccc(OCCN(C)C3CCOCC3)c2)cnn1-c1ccc(F)cc1. The number of amides is 1. The molecule has 1 amide bonds. The number of nitrogens with one attached hydrogen (secondary N) is 1. The van der Waals surface area contributed by atoms with Crippen molar-refractivity contribution in [1.29, 1.82) is 0 Å². The van der Waals surface area contributed by atoms with Gasteiger partial charge in [-0.25, -0.2) is 9.07 Å². The third-order valence-electron chi connectivity index (χ3n) is 6.40. The summed E-state index contributed by atoms with van der Waals surface area (Å²) >= 11 is 0. The molecule has 0 unspecified atom stereocenters. The van der Waals surface area contributed by atoms with E-state index in [0.29, 0.717) is 31.2 Å². The monoisotopic (exact) mass is 480 g/mol. The molecule has 2 aromatic carbocycles. The Morgan fingerprint density at radius 1 is 1.23 bits per heavy atom. The molecule has 35 heavy (non-hydrogen) atoms. The van der Waals surface area contributed by atoms with Crippen molar-refractivity contribution in [3.63, 3.8) is 0 Å². The summed E-state index contributed by atoms with van der Waals surface area (Å²) in [6.07, 6.45) is 4.31. The fourth-order valence-electron chi connectivity index (χ4n) is 4.35. The van der Waals surface area contributed by atoms with Crippen LogP contribution in [0.4, 0.5) is 4.39 Å². The number of hydrogen-bond donors (Lipinski definition) is 1. The Balaban J connectivity index is 1.31. The zero-order valence-electron chi connectivity index (χ0n) is 20.4. The van der Waals surface area contributed by atoms with E-state index in [1.165, 1.54) is 12.1 Å². The highest BCUT2D eigenvalue weighted by Gasteiger charge is 2.19. The van der Waals surface area contributed by atoms with Crippen molar-refractivity contribution in [2.75, 3.05) is 33.4 Å². The molecule has 0 saturated carbocycles. The van der Waals surface area contributed by atoms with Gasteiger partial charge in [-0.2, -0.15) is 5.10 Å². The van der Waals surface area contributed by atoms with E-state index in [4.69, 9.17) is 9.47 Å². The van der Waals surface area contributed by atoms with Gasteiger partial charge in [0.2, 0.25) is 0 Å². The number of hydrogen-bond acceptors (Lipinski definition) is 5. The molecule has 1 aliphatic rings. The predicted molar refractivity (Wildman–Crippen MR) is 132 cm³/mol. The second-order valence-electron chi connectivity index (χ2n) is 8.75. The molecule has 0 spiro atoms. The molecule has 0 atom stereocenters.